The number of likely N-dealkylation sites (tertiary alicyclic amines) is 1. The zero-order valence-corrected chi connectivity index (χ0v) is 14.0. The number of hydrogen-bond donors (Lipinski definition) is 2. The highest BCUT2D eigenvalue weighted by molar-refractivity contribution is 5.75. The van der Waals surface area contributed by atoms with Gasteiger partial charge in [-0.05, 0) is 44.5 Å². The van der Waals surface area contributed by atoms with Crippen LogP contribution in [0.1, 0.15) is 24.8 Å². The Labute approximate surface area is 146 Å². The molecule has 0 aliphatic carbocycles. The van der Waals surface area contributed by atoms with E-state index in [-0.39, 0.29) is 5.82 Å². The maximum atomic E-state index is 14.1. The van der Waals surface area contributed by atoms with E-state index in [1.807, 2.05) is 0 Å². The van der Waals surface area contributed by atoms with Crippen molar-refractivity contribution in [2.45, 2.75) is 25.8 Å². The van der Waals surface area contributed by atoms with E-state index in [2.05, 4.69) is 21.7 Å². The summed E-state index contributed by atoms with van der Waals surface area (Å²) >= 11 is 0. The molecule has 6 heteroatoms. The topological polar surface area (TPSA) is 69.2 Å². The normalized spacial score (nSPS) is 17.3. The summed E-state index contributed by atoms with van der Waals surface area (Å²) in [5, 5.41) is 16.5. The SMILES string of the molecule is C=CCC1(C(=O)O)CCN(Cc2cn[nH]c2-c2ccccc2F)CC1. The van der Waals surface area contributed by atoms with Crippen molar-refractivity contribution in [3.63, 3.8) is 0 Å². The van der Waals surface area contributed by atoms with Crippen molar-refractivity contribution in [2.75, 3.05) is 13.1 Å². The molecule has 2 N–H and O–H groups in total. The molecule has 132 valence electrons. The Hall–Kier alpha value is -2.47. The summed E-state index contributed by atoms with van der Waals surface area (Å²) in [6, 6.07) is 6.60. The molecule has 3 rings (SSSR count). The summed E-state index contributed by atoms with van der Waals surface area (Å²) in [7, 11) is 0. The second-order valence-electron chi connectivity index (χ2n) is 6.60. The number of benzene rings is 1. The third kappa shape index (κ3) is 3.49. The Bertz CT molecular complexity index is 764. The lowest BCUT2D eigenvalue weighted by molar-refractivity contribution is -0.152. The van der Waals surface area contributed by atoms with Gasteiger partial charge in [0.2, 0.25) is 0 Å². The highest BCUT2D eigenvalue weighted by Crippen LogP contribution is 2.36. The van der Waals surface area contributed by atoms with Crippen molar-refractivity contribution >= 4 is 5.97 Å². The molecule has 1 aromatic heterocycles. The largest absolute Gasteiger partial charge is 0.481 e. The van der Waals surface area contributed by atoms with Gasteiger partial charge in [0.15, 0.2) is 0 Å². The molecular weight excluding hydrogens is 321 g/mol. The molecular formula is C19H22FN3O2. The van der Waals surface area contributed by atoms with Gasteiger partial charge in [0.1, 0.15) is 5.82 Å². The Kier molecular flexibility index (Phi) is 4.99. The Balaban J connectivity index is 1.72. The number of nitrogens with one attached hydrogen (secondary N) is 1. The quantitative estimate of drug-likeness (QED) is 0.788. The van der Waals surface area contributed by atoms with Crippen molar-refractivity contribution in [2.24, 2.45) is 5.41 Å². The number of carboxylic acid groups (broad SMARTS) is 1. The standard InChI is InChI=1S/C19H22FN3O2/c1-2-7-19(18(24)25)8-10-23(11-9-19)13-14-12-21-22-17(14)15-5-3-4-6-16(15)20/h2-6,12H,1,7-11,13H2,(H,21,22)(H,24,25). The summed E-state index contributed by atoms with van der Waals surface area (Å²) in [6.07, 6.45) is 5.06. The average molecular weight is 343 g/mol. The second-order valence-corrected chi connectivity index (χ2v) is 6.60. The maximum Gasteiger partial charge on any atom is 0.310 e. The lowest BCUT2D eigenvalue weighted by Crippen LogP contribution is -2.43. The van der Waals surface area contributed by atoms with Crippen LogP contribution in [-0.4, -0.2) is 39.3 Å². The zero-order valence-electron chi connectivity index (χ0n) is 14.0. The highest BCUT2D eigenvalue weighted by atomic mass is 19.1. The predicted octanol–water partition coefficient (Wildman–Crippen LogP) is 3.46. The molecule has 0 atom stereocenters. The van der Waals surface area contributed by atoms with Gasteiger partial charge in [-0.15, -0.1) is 6.58 Å². The van der Waals surface area contributed by atoms with Crippen LogP contribution in [0.25, 0.3) is 11.3 Å². The van der Waals surface area contributed by atoms with Gasteiger partial charge in [-0.1, -0.05) is 18.2 Å². The number of hydrogen-bond acceptors (Lipinski definition) is 3. The molecule has 2 aromatic rings. The van der Waals surface area contributed by atoms with Gasteiger partial charge >= 0.3 is 5.97 Å². The summed E-state index contributed by atoms with van der Waals surface area (Å²) in [4.78, 5) is 13.8. The number of allylic oxidation sites excluding steroid dienone is 1. The minimum atomic E-state index is -0.748. The first-order valence-corrected chi connectivity index (χ1v) is 8.39. The molecule has 2 heterocycles. The number of carbonyl (C=O) groups is 1. The van der Waals surface area contributed by atoms with E-state index in [1.165, 1.54) is 6.07 Å². The molecule has 0 spiro atoms. The lowest BCUT2D eigenvalue weighted by atomic mass is 9.75. The maximum absolute atomic E-state index is 14.1. The molecule has 1 aliphatic heterocycles. The van der Waals surface area contributed by atoms with Gasteiger partial charge in [-0.3, -0.25) is 14.8 Å². The van der Waals surface area contributed by atoms with Crippen molar-refractivity contribution in [1.29, 1.82) is 0 Å². The molecule has 1 aliphatic rings. The third-order valence-corrected chi connectivity index (χ3v) is 5.06. The van der Waals surface area contributed by atoms with Crippen LogP contribution in [0.5, 0.6) is 0 Å². The third-order valence-electron chi connectivity index (χ3n) is 5.06. The van der Waals surface area contributed by atoms with E-state index in [9.17, 15) is 14.3 Å². The Morgan fingerprint density at radius 2 is 2.12 bits per heavy atom. The smallest absolute Gasteiger partial charge is 0.310 e. The van der Waals surface area contributed by atoms with Crippen LogP contribution in [0.3, 0.4) is 0 Å². The van der Waals surface area contributed by atoms with Crippen LogP contribution in [0, 0.1) is 11.2 Å². The number of aliphatic carboxylic acids is 1. The number of H-pyrrole nitrogens is 1. The second kappa shape index (κ2) is 7.19. The molecule has 1 saturated heterocycles. The van der Waals surface area contributed by atoms with E-state index in [4.69, 9.17) is 0 Å². The Morgan fingerprint density at radius 1 is 1.40 bits per heavy atom. The van der Waals surface area contributed by atoms with Gasteiger partial charge in [0.25, 0.3) is 0 Å². The van der Waals surface area contributed by atoms with Crippen LogP contribution in [0.15, 0.2) is 43.1 Å². The summed E-state index contributed by atoms with van der Waals surface area (Å²) in [5.74, 6) is -1.04. The number of nitrogens with zero attached hydrogens (tertiary/aromatic N) is 2. The molecule has 0 amide bonds. The van der Waals surface area contributed by atoms with Gasteiger partial charge in [0, 0.05) is 17.7 Å². The minimum absolute atomic E-state index is 0.289. The van der Waals surface area contributed by atoms with Crippen molar-refractivity contribution in [3.05, 3.63) is 54.5 Å². The molecule has 1 aromatic carbocycles. The van der Waals surface area contributed by atoms with E-state index in [0.717, 1.165) is 5.56 Å². The fraction of sp³-hybridized carbons (Fsp3) is 0.368. The van der Waals surface area contributed by atoms with Crippen LogP contribution < -0.4 is 0 Å². The zero-order chi connectivity index (χ0) is 17.9. The first-order valence-electron chi connectivity index (χ1n) is 8.39. The molecule has 0 unspecified atom stereocenters. The van der Waals surface area contributed by atoms with Crippen LogP contribution in [-0.2, 0) is 11.3 Å². The van der Waals surface area contributed by atoms with Gasteiger partial charge in [-0.2, -0.15) is 5.10 Å². The van der Waals surface area contributed by atoms with Crippen molar-refractivity contribution in [1.82, 2.24) is 15.1 Å². The predicted molar refractivity (Wildman–Crippen MR) is 93.4 cm³/mol. The van der Waals surface area contributed by atoms with Crippen LogP contribution in [0.2, 0.25) is 0 Å². The van der Waals surface area contributed by atoms with Crippen molar-refractivity contribution < 1.29 is 14.3 Å². The summed E-state index contributed by atoms with van der Waals surface area (Å²) in [5.41, 5.74) is 1.39. The molecule has 25 heavy (non-hydrogen) atoms. The first kappa shape index (κ1) is 17.4. The summed E-state index contributed by atoms with van der Waals surface area (Å²) < 4.78 is 14.1. The number of halogens is 1. The lowest BCUT2D eigenvalue weighted by Gasteiger charge is -2.38. The van der Waals surface area contributed by atoms with E-state index in [0.29, 0.717) is 50.2 Å². The van der Waals surface area contributed by atoms with Gasteiger partial charge < -0.3 is 5.11 Å². The molecule has 5 nitrogen and oxygen atoms in total. The first-order chi connectivity index (χ1) is 12.1. The molecule has 0 saturated carbocycles. The van der Waals surface area contributed by atoms with E-state index >= 15 is 0 Å². The minimum Gasteiger partial charge on any atom is -0.481 e. The number of carboxylic acids is 1. The van der Waals surface area contributed by atoms with Gasteiger partial charge in [0.05, 0.1) is 17.3 Å². The molecule has 0 radical (unpaired) electrons. The van der Waals surface area contributed by atoms with Crippen LogP contribution in [0.4, 0.5) is 4.39 Å². The van der Waals surface area contributed by atoms with Gasteiger partial charge in [-0.25, -0.2) is 4.39 Å². The fourth-order valence-electron chi connectivity index (χ4n) is 3.49. The van der Waals surface area contributed by atoms with E-state index < -0.39 is 11.4 Å². The molecule has 0 bridgehead atoms. The average Bonchev–Trinajstić information content (AvgIpc) is 3.05. The van der Waals surface area contributed by atoms with E-state index in [1.54, 1.807) is 30.5 Å². The fourth-order valence-corrected chi connectivity index (χ4v) is 3.49. The number of rotatable bonds is 6. The highest BCUT2D eigenvalue weighted by Gasteiger charge is 2.40. The number of piperidine rings is 1. The Morgan fingerprint density at radius 3 is 2.76 bits per heavy atom. The monoisotopic (exact) mass is 343 g/mol. The van der Waals surface area contributed by atoms with Crippen LogP contribution >= 0.6 is 0 Å². The summed E-state index contributed by atoms with van der Waals surface area (Å²) in [6.45, 7) is 5.67. The molecule has 1 fully saturated rings. The number of aromatic amines is 1. The number of aromatic nitrogens is 2. The van der Waals surface area contributed by atoms with Crippen molar-refractivity contribution in [3.8, 4) is 11.3 Å².